The highest BCUT2D eigenvalue weighted by Crippen LogP contribution is 2.32. The molecule has 0 aromatic heterocycles. The summed E-state index contributed by atoms with van der Waals surface area (Å²) >= 11 is 0. The van der Waals surface area contributed by atoms with Gasteiger partial charge in [0.2, 0.25) is 0 Å². The van der Waals surface area contributed by atoms with E-state index in [0.717, 1.165) is 63.4 Å². The Bertz CT molecular complexity index is 1050. The largest absolute Gasteiger partial charge is 0.379 e. The molecule has 44 heavy (non-hydrogen) atoms. The minimum atomic E-state index is -0.826. The zero-order valence-corrected chi connectivity index (χ0v) is 28.1. The van der Waals surface area contributed by atoms with Crippen LogP contribution in [0.5, 0.6) is 0 Å². The van der Waals surface area contributed by atoms with Crippen molar-refractivity contribution in [1.29, 1.82) is 0 Å². The molecular formula is C38H58O6. The monoisotopic (exact) mass is 610 g/mol. The SMILES string of the molecule is CCCCOC[C@H]1O[C@@H](C(=O)c2ccccc2Cc2ccc(CC)cc2)[C@H](OCCCC)[C@@H](OCCCC)[C@@H]1OCCCC. The topological polar surface area (TPSA) is 63.2 Å². The number of hydrogen-bond acceptors (Lipinski definition) is 6. The Morgan fingerprint density at radius 3 is 1.82 bits per heavy atom. The maximum Gasteiger partial charge on any atom is 0.194 e. The van der Waals surface area contributed by atoms with Crippen LogP contribution < -0.4 is 0 Å². The first-order valence-electron chi connectivity index (χ1n) is 17.4. The lowest BCUT2D eigenvalue weighted by Gasteiger charge is -2.46. The maximum absolute atomic E-state index is 14.6. The molecule has 0 radical (unpaired) electrons. The molecule has 0 saturated carbocycles. The fraction of sp³-hybridized carbons (Fsp3) is 0.658. The Kier molecular flexibility index (Phi) is 17.2. The van der Waals surface area contributed by atoms with Crippen molar-refractivity contribution in [3.05, 3.63) is 70.8 Å². The van der Waals surface area contributed by atoms with Gasteiger partial charge in [0, 0.05) is 32.0 Å². The quantitative estimate of drug-likeness (QED) is 0.0990. The normalized spacial score (nSPS) is 21.9. The Morgan fingerprint density at radius 1 is 0.659 bits per heavy atom. The van der Waals surface area contributed by atoms with Crippen LogP contribution >= 0.6 is 0 Å². The third kappa shape index (κ3) is 11.1. The van der Waals surface area contributed by atoms with E-state index in [9.17, 15) is 4.79 Å². The average Bonchev–Trinajstić information content (AvgIpc) is 3.05. The molecule has 1 fully saturated rings. The van der Waals surface area contributed by atoms with Crippen molar-refractivity contribution in [2.45, 2.75) is 129 Å². The fourth-order valence-corrected chi connectivity index (χ4v) is 5.55. The van der Waals surface area contributed by atoms with Crippen LogP contribution in [-0.2, 0) is 36.5 Å². The Hall–Kier alpha value is -2.09. The lowest BCUT2D eigenvalue weighted by Crippen LogP contribution is -2.63. The van der Waals surface area contributed by atoms with Crippen LogP contribution in [-0.4, -0.2) is 69.3 Å². The number of unbranched alkanes of at least 4 members (excludes halogenated alkanes) is 4. The third-order valence-electron chi connectivity index (χ3n) is 8.35. The highest BCUT2D eigenvalue weighted by atomic mass is 16.6. The average molecular weight is 611 g/mol. The smallest absolute Gasteiger partial charge is 0.194 e. The molecule has 0 aliphatic carbocycles. The van der Waals surface area contributed by atoms with E-state index in [2.05, 4.69) is 58.9 Å². The molecule has 2 aromatic rings. The van der Waals surface area contributed by atoms with E-state index in [4.69, 9.17) is 23.7 Å². The van der Waals surface area contributed by atoms with Crippen LogP contribution in [0.3, 0.4) is 0 Å². The highest BCUT2D eigenvalue weighted by molar-refractivity contribution is 6.01. The summed E-state index contributed by atoms with van der Waals surface area (Å²) in [4.78, 5) is 14.6. The molecule has 0 N–H and O–H groups in total. The van der Waals surface area contributed by atoms with Gasteiger partial charge in [0.1, 0.15) is 30.5 Å². The van der Waals surface area contributed by atoms with Crippen molar-refractivity contribution in [3.8, 4) is 0 Å². The van der Waals surface area contributed by atoms with Gasteiger partial charge >= 0.3 is 0 Å². The van der Waals surface area contributed by atoms with Crippen LogP contribution in [0.15, 0.2) is 48.5 Å². The first kappa shape index (κ1) is 36.4. The number of ether oxygens (including phenoxy) is 5. The van der Waals surface area contributed by atoms with Crippen LogP contribution in [0.1, 0.15) is 113 Å². The number of Topliss-reactive ketones (excluding diaryl/α,β-unsaturated/α-hetero) is 1. The van der Waals surface area contributed by atoms with E-state index in [1.165, 1.54) is 11.1 Å². The summed E-state index contributed by atoms with van der Waals surface area (Å²) in [7, 11) is 0. The first-order valence-corrected chi connectivity index (χ1v) is 17.4. The molecule has 246 valence electrons. The molecule has 1 heterocycles. The molecule has 0 unspecified atom stereocenters. The van der Waals surface area contributed by atoms with Gasteiger partial charge < -0.3 is 23.7 Å². The number of ketones is 1. The van der Waals surface area contributed by atoms with Crippen LogP contribution in [0, 0.1) is 0 Å². The molecule has 6 nitrogen and oxygen atoms in total. The van der Waals surface area contributed by atoms with Gasteiger partial charge in [0.25, 0.3) is 0 Å². The second-order valence-electron chi connectivity index (χ2n) is 12.0. The molecule has 0 amide bonds. The summed E-state index contributed by atoms with van der Waals surface area (Å²) in [6.45, 7) is 13.5. The molecule has 6 heteroatoms. The molecule has 1 aliphatic heterocycles. The third-order valence-corrected chi connectivity index (χ3v) is 8.35. The standard InChI is InChI=1S/C38H58O6/c1-6-11-23-40-28-33-35(41-24-12-7-2)37(42-25-13-8-3)38(43-26-14-9-4)36(44-33)34(39)32-18-16-15-17-31(32)27-30-21-19-29(10-5)20-22-30/h15-22,33,35-38H,6-14,23-28H2,1-5H3/t33-,35-,36+,37+,38+/m1/s1. The lowest BCUT2D eigenvalue weighted by molar-refractivity contribution is -0.254. The molecule has 0 spiro atoms. The van der Waals surface area contributed by atoms with Gasteiger partial charge in [-0.15, -0.1) is 0 Å². The predicted octanol–water partition coefficient (Wildman–Crippen LogP) is 8.16. The van der Waals surface area contributed by atoms with Crippen LogP contribution in [0.25, 0.3) is 0 Å². The van der Waals surface area contributed by atoms with Gasteiger partial charge in [0.15, 0.2) is 5.78 Å². The first-order chi connectivity index (χ1) is 21.6. The minimum absolute atomic E-state index is 0.0677. The molecule has 0 bridgehead atoms. The van der Waals surface area contributed by atoms with Crippen LogP contribution in [0.2, 0.25) is 0 Å². The zero-order chi connectivity index (χ0) is 31.6. The van der Waals surface area contributed by atoms with Gasteiger partial charge in [-0.1, -0.05) is 109 Å². The van der Waals surface area contributed by atoms with E-state index in [0.29, 0.717) is 45.0 Å². The summed E-state index contributed by atoms with van der Waals surface area (Å²) in [5, 5.41) is 0. The Balaban J connectivity index is 1.97. The van der Waals surface area contributed by atoms with Gasteiger partial charge in [-0.3, -0.25) is 4.79 Å². The van der Waals surface area contributed by atoms with Gasteiger partial charge in [-0.25, -0.2) is 0 Å². The number of hydrogen-bond donors (Lipinski definition) is 0. The zero-order valence-electron chi connectivity index (χ0n) is 28.1. The summed E-state index contributed by atoms with van der Waals surface area (Å²) in [6, 6.07) is 16.6. The lowest BCUT2D eigenvalue weighted by atomic mass is 9.87. The number of aryl methyl sites for hydroxylation is 1. The molecule has 3 rings (SSSR count). The van der Waals surface area contributed by atoms with E-state index in [1.807, 2.05) is 24.3 Å². The van der Waals surface area contributed by atoms with E-state index < -0.39 is 24.4 Å². The number of benzene rings is 2. The summed E-state index contributed by atoms with van der Waals surface area (Å²) < 4.78 is 32.5. The van der Waals surface area contributed by atoms with Crippen LogP contribution in [0.4, 0.5) is 0 Å². The van der Waals surface area contributed by atoms with Gasteiger partial charge in [0.05, 0.1) is 6.61 Å². The maximum atomic E-state index is 14.6. The molecule has 2 aromatic carbocycles. The Labute approximate surface area is 267 Å². The van der Waals surface area contributed by atoms with Crippen molar-refractivity contribution in [2.75, 3.05) is 33.0 Å². The Morgan fingerprint density at radius 2 is 1.20 bits per heavy atom. The molecule has 5 atom stereocenters. The second-order valence-corrected chi connectivity index (χ2v) is 12.0. The molecular weight excluding hydrogens is 552 g/mol. The van der Waals surface area contributed by atoms with E-state index >= 15 is 0 Å². The van der Waals surface area contributed by atoms with Crippen molar-refractivity contribution >= 4 is 5.78 Å². The summed E-state index contributed by atoms with van der Waals surface area (Å²) in [5.74, 6) is -0.0677. The number of carbonyl (C=O) groups is 1. The molecule has 1 saturated heterocycles. The van der Waals surface area contributed by atoms with Crippen molar-refractivity contribution in [3.63, 3.8) is 0 Å². The van der Waals surface area contributed by atoms with Crippen molar-refractivity contribution in [1.82, 2.24) is 0 Å². The highest BCUT2D eigenvalue weighted by Gasteiger charge is 2.51. The minimum Gasteiger partial charge on any atom is -0.379 e. The summed E-state index contributed by atoms with van der Waals surface area (Å²) in [6.07, 6.45) is 6.84. The van der Waals surface area contributed by atoms with E-state index in [-0.39, 0.29) is 11.9 Å². The number of rotatable bonds is 22. The van der Waals surface area contributed by atoms with Gasteiger partial charge in [-0.2, -0.15) is 0 Å². The summed E-state index contributed by atoms with van der Waals surface area (Å²) in [5.41, 5.74) is 4.13. The number of carbonyl (C=O) groups excluding carboxylic acids is 1. The molecule has 1 aliphatic rings. The second kappa shape index (κ2) is 20.8. The van der Waals surface area contributed by atoms with Crippen molar-refractivity contribution in [2.24, 2.45) is 0 Å². The van der Waals surface area contributed by atoms with Gasteiger partial charge in [-0.05, 0) is 55.2 Å². The van der Waals surface area contributed by atoms with Crippen molar-refractivity contribution < 1.29 is 28.5 Å². The fourth-order valence-electron chi connectivity index (χ4n) is 5.55. The predicted molar refractivity (Wildman–Crippen MR) is 178 cm³/mol. The van der Waals surface area contributed by atoms with E-state index in [1.54, 1.807) is 0 Å².